The molecule has 1 saturated carbocycles. The van der Waals surface area contributed by atoms with Crippen molar-refractivity contribution in [3.05, 3.63) is 69.7 Å². The Labute approximate surface area is 263 Å². The van der Waals surface area contributed by atoms with E-state index in [4.69, 9.17) is 0 Å². The van der Waals surface area contributed by atoms with Gasteiger partial charge in [-0.2, -0.15) is 0 Å². The first-order valence-electron chi connectivity index (χ1n) is 13.7. The van der Waals surface area contributed by atoms with E-state index in [9.17, 15) is 26.4 Å². The fourth-order valence-electron chi connectivity index (χ4n) is 4.95. The van der Waals surface area contributed by atoms with E-state index in [1.54, 1.807) is 24.3 Å². The van der Waals surface area contributed by atoms with Gasteiger partial charge in [-0.1, -0.05) is 53.4 Å². The van der Waals surface area contributed by atoms with Crippen molar-refractivity contribution in [1.29, 1.82) is 0 Å². The van der Waals surface area contributed by atoms with E-state index < -0.39 is 19.7 Å². The molecule has 2 amide bonds. The number of nitrogens with one attached hydrogen (secondary N) is 2. The molecule has 0 spiro atoms. The van der Waals surface area contributed by atoms with Crippen LogP contribution in [-0.2, 0) is 42.1 Å². The molecule has 0 bridgehead atoms. The number of aromatic nitrogens is 4. The molecular weight excluding hydrogens is 645 g/mol. The molecule has 0 radical (unpaired) electrons. The number of carbonyl (C=O) groups is 2. The first-order valence-corrected chi connectivity index (χ1v) is 19.1. The highest BCUT2D eigenvalue weighted by molar-refractivity contribution is 7.91. The zero-order valence-corrected chi connectivity index (χ0v) is 27.2. The number of rotatable bonds is 10. The van der Waals surface area contributed by atoms with Crippen molar-refractivity contribution < 1.29 is 26.4 Å². The normalized spacial score (nSPS) is 17.2. The van der Waals surface area contributed by atoms with Gasteiger partial charge in [0.05, 0.1) is 22.6 Å². The molecule has 44 heavy (non-hydrogen) atoms. The summed E-state index contributed by atoms with van der Waals surface area (Å²) in [6, 6.07) is 12.4. The van der Waals surface area contributed by atoms with Gasteiger partial charge in [0.1, 0.15) is 10.0 Å². The van der Waals surface area contributed by atoms with Crippen molar-refractivity contribution in [2.24, 2.45) is 0 Å². The van der Waals surface area contributed by atoms with E-state index in [2.05, 4.69) is 31.0 Å². The Bertz CT molecular complexity index is 1730. The van der Waals surface area contributed by atoms with Crippen LogP contribution < -0.4 is 10.6 Å². The maximum atomic E-state index is 12.6. The van der Waals surface area contributed by atoms with Crippen molar-refractivity contribution in [3.63, 3.8) is 0 Å². The highest BCUT2D eigenvalue weighted by atomic mass is 32.2. The number of hydrogen-bond donors (Lipinski definition) is 2. The molecule has 232 valence electrons. The number of benzene rings is 2. The van der Waals surface area contributed by atoms with E-state index >= 15 is 0 Å². The Hall–Kier alpha value is -3.60. The smallest absolute Gasteiger partial charge is 0.230 e. The lowest BCUT2D eigenvalue weighted by atomic mass is 9.82. The molecule has 4 aromatic rings. The van der Waals surface area contributed by atoms with Gasteiger partial charge < -0.3 is 10.6 Å². The van der Waals surface area contributed by atoms with Crippen molar-refractivity contribution >= 4 is 64.4 Å². The molecular formula is C28H30N6O6S4. The van der Waals surface area contributed by atoms with E-state index in [0.29, 0.717) is 21.4 Å². The minimum atomic E-state index is -3.30. The van der Waals surface area contributed by atoms with Crippen LogP contribution >= 0.6 is 22.7 Å². The third kappa shape index (κ3) is 8.31. The fourth-order valence-corrected chi connectivity index (χ4v) is 8.02. The highest BCUT2D eigenvalue weighted by Crippen LogP contribution is 2.43. The Kier molecular flexibility index (Phi) is 9.53. The largest absolute Gasteiger partial charge is 0.300 e. The van der Waals surface area contributed by atoms with Gasteiger partial charge in [-0.25, -0.2) is 16.8 Å². The topological polar surface area (TPSA) is 178 Å². The summed E-state index contributed by atoms with van der Waals surface area (Å²) in [5, 5.41) is 25.0. The number of sulfone groups is 2. The predicted octanol–water partition coefficient (Wildman–Crippen LogP) is 4.00. The molecule has 2 aromatic heterocycles. The van der Waals surface area contributed by atoms with Gasteiger partial charge in [0.15, 0.2) is 19.7 Å². The van der Waals surface area contributed by atoms with Crippen LogP contribution in [0, 0.1) is 0 Å². The predicted molar refractivity (Wildman–Crippen MR) is 168 cm³/mol. The van der Waals surface area contributed by atoms with Gasteiger partial charge in [0, 0.05) is 24.3 Å². The van der Waals surface area contributed by atoms with Crippen LogP contribution in [0.3, 0.4) is 0 Å². The summed E-state index contributed by atoms with van der Waals surface area (Å²) in [4.78, 5) is 25.5. The molecule has 1 aliphatic carbocycles. The van der Waals surface area contributed by atoms with Crippen molar-refractivity contribution in [2.75, 3.05) is 23.1 Å². The Balaban J connectivity index is 1.13. The first-order chi connectivity index (χ1) is 20.8. The van der Waals surface area contributed by atoms with Crippen LogP contribution in [-0.4, -0.2) is 61.6 Å². The van der Waals surface area contributed by atoms with E-state index in [1.165, 1.54) is 46.9 Å². The highest BCUT2D eigenvalue weighted by Gasteiger charge is 2.29. The Morgan fingerprint density at radius 2 is 1.07 bits per heavy atom. The summed E-state index contributed by atoms with van der Waals surface area (Å²) in [7, 11) is -6.60. The second-order valence-electron chi connectivity index (χ2n) is 10.7. The van der Waals surface area contributed by atoms with Gasteiger partial charge >= 0.3 is 0 Å². The Morgan fingerprint density at radius 1 is 0.682 bits per heavy atom. The van der Waals surface area contributed by atoms with E-state index in [-0.39, 0.29) is 46.3 Å². The van der Waals surface area contributed by atoms with Gasteiger partial charge in [0.25, 0.3) is 0 Å². The summed E-state index contributed by atoms with van der Waals surface area (Å²) in [5.74, 6) is -0.235. The SMILES string of the molecule is CS(=O)(=O)c1ccc(CC(=O)Nc2nnc([C@H]3CCC[C@H](c4nnc(NC(=O)Cc5ccc(S(C)(=O)=O)cc5)s4)C3)s2)cc1. The average molecular weight is 675 g/mol. The first kappa shape index (κ1) is 31.8. The third-order valence-electron chi connectivity index (χ3n) is 7.18. The standard InChI is InChI=1S/C28H30N6O6S4/c1-43(37,38)21-10-6-17(7-11-21)14-23(35)29-27-33-31-25(41-27)19-4-3-5-20(16-19)26-32-34-28(42-26)30-24(36)15-18-8-12-22(13-9-18)44(2,39)40/h6-13,19-20H,3-5,14-16H2,1-2H3,(H,29,33,35)(H,30,34,36)/t19-,20-/m0/s1. The summed E-state index contributed by atoms with van der Waals surface area (Å²) < 4.78 is 46.6. The number of carbonyl (C=O) groups excluding carboxylic acids is 2. The molecule has 5 rings (SSSR count). The van der Waals surface area contributed by atoms with Gasteiger partial charge in [0.2, 0.25) is 22.1 Å². The molecule has 0 unspecified atom stereocenters. The lowest BCUT2D eigenvalue weighted by Gasteiger charge is -2.25. The molecule has 2 atom stereocenters. The number of amides is 2. The molecule has 1 aliphatic rings. The molecule has 2 aromatic carbocycles. The van der Waals surface area contributed by atoms with E-state index in [1.807, 2.05) is 0 Å². The molecule has 0 saturated heterocycles. The zero-order valence-electron chi connectivity index (χ0n) is 23.9. The van der Waals surface area contributed by atoms with Crippen LogP contribution in [0.5, 0.6) is 0 Å². The lowest BCUT2D eigenvalue weighted by molar-refractivity contribution is -0.116. The van der Waals surface area contributed by atoms with Crippen molar-refractivity contribution in [2.45, 2.75) is 60.2 Å². The van der Waals surface area contributed by atoms with Crippen molar-refractivity contribution in [3.8, 4) is 0 Å². The molecule has 16 heteroatoms. The number of nitrogens with zero attached hydrogens (tertiary/aromatic N) is 4. The van der Waals surface area contributed by atoms with Crippen LogP contribution in [0.2, 0.25) is 0 Å². The molecule has 2 N–H and O–H groups in total. The second-order valence-corrected chi connectivity index (χ2v) is 16.8. The van der Waals surface area contributed by atoms with E-state index in [0.717, 1.165) is 48.2 Å². The molecule has 0 aliphatic heterocycles. The minimum Gasteiger partial charge on any atom is -0.300 e. The van der Waals surface area contributed by atoms with Gasteiger partial charge in [-0.05, 0) is 54.7 Å². The van der Waals surface area contributed by atoms with Crippen LogP contribution in [0.25, 0.3) is 0 Å². The molecule has 1 fully saturated rings. The van der Waals surface area contributed by atoms with Crippen LogP contribution in [0.4, 0.5) is 10.3 Å². The summed E-state index contributed by atoms with van der Waals surface area (Å²) >= 11 is 2.68. The van der Waals surface area contributed by atoms with Gasteiger partial charge in [-0.3, -0.25) is 9.59 Å². The maximum absolute atomic E-state index is 12.6. The van der Waals surface area contributed by atoms with Gasteiger partial charge in [-0.15, -0.1) is 20.4 Å². The van der Waals surface area contributed by atoms with Crippen molar-refractivity contribution in [1.82, 2.24) is 20.4 Å². The number of anilines is 2. The minimum absolute atomic E-state index is 0.0792. The third-order valence-corrected chi connectivity index (χ3v) is 11.4. The molecule has 2 heterocycles. The fraction of sp³-hybridized carbons (Fsp3) is 0.357. The number of hydrogen-bond acceptors (Lipinski definition) is 12. The quantitative estimate of drug-likeness (QED) is 0.250. The van der Waals surface area contributed by atoms with Crippen LogP contribution in [0.15, 0.2) is 58.3 Å². The summed E-state index contributed by atoms with van der Waals surface area (Å²) in [6.07, 6.45) is 6.06. The second kappa shape index (κ2) is 13.2. The summed E-state index contributed by atoms with van der Waals surface area (Å²) in [6.45, 7) is 0. The summed E-state index contributed by atoms with van der Waals surface area (Å²) in [5.41, 5.74) is 1.37. The maximum Gasteiger partial charge on any atom is 0.230 e. The van der Waals surface area contributed by atoms with Crippen LogP contribution in [0.1, 0.15) is 58.7 Å². The zero-order chi connectivity index (χ0) is 31.5. The average Bonchev–Trinajstić information content (AvgIpc) is 3.62. The monoisotopic (exact) mass is 674 g/mol. The lowest BCUT2D eigenvalue weighted by Crippen LogP contribution is -2.14. The molecule has 12 nitrogen and oxygen atoms in total. The Morgan fingerprint density at radius 3 is 1.43 bits per heavy atom.